The summed E-state index contributed by atoms with van der Waals surface area (Å²) in [6.07, 6.45) is 4.91. The molecule has 0 atom stereocenters. The minimum Gasteiger partial charge on any atom is -0.462 e. The van der Waals surface area contributed by atoms with Gasteiger partial charge in [-0.2, -0.15) is 5.10 Å². The Morgan fingerprint density at radius 1 is 1.11 bits per heavy atom. The maximum Gasteiger partial charge on any atom is 0.341 e. The zero-order chi connectivity index (χ0) is 19.5. The highest BCUT2D eigenvalue weighted by molar-refractivity contribution is 6.05. The number of aromatic nitrogens is 4. The topological polar surface area (TPSA) is 81.9 Å². The van der Waals surface area contributed by atoms with Crippen molar-refractivity contribution in [1.29, 1.82) is 0 Å². The summed E-state index contributed by atoms with van der Waals surface area (Å²) in [4.78, 5) is 21.4. The fraction of sp³-hybridized carbons (Fsp3) is 0.143. The quantitative estimate of drug-likeness (QED) is 0.532. The largest absolute Gasteiger partial charge is 0.462 e. The van der Waals surface area contributed by atoms with Crippen LogP contribution in [0.2, 0.25) is 0 Å². The predicted molar refractivity (Wildman–Crippen MR) is 107 cm³/mol. The number of rotatable bonds is 5. The third-order valence-corrected chi connectivity index (χ3v) is 4.35. The van der Waals surface area contributed by atoms with Crippen LogP contribution in [0.3, 0.4) is 0 Å². The molecular weight excluding hydrogens is 354 g/mol. The smallest absolute Gasteiger partial charge is 0.341 e. The molecule has 140 valence electrons. The monoisotopic (exact) mass is 373 g/mol. The number of benzene rings is 1. The van der Waals surface area contributed by atoms with E-state index >= 15 is 0 Å². The van der Waals surface area contributed by atoms with Crippen LogP contribution in [-0.4, -0.2) is 32.3 Å². The molecule has 0 saturated heterocycles. The first-order valence-electron chi connectivity index (χ1n) is 8.97. The number of hydrogen-bond donors (Lipinski definition) is 1. The fourth-order valence-electron chi connectivity index (χ4n) is 2.97. The van der Waals surface area contributed by atoms with Crippen LogP contribution in [0, 0.1) is 6.92 Å². The highest BCUT2D eigenvalue weighted by Gasteiger charge is 2.20. The van der Waals surface area contributed by atoms with Crippen molar-refractivity contribution in [2.24, 2.45) is 0 Å². The van der Waals surface area contributed by atoms with E-state index in [1.807, 2.05) is 49.4 Å². The summed E-state index contributed by atoms with van der Waals surface area (Å²) in [5.41, 5.74) is 3.39. The first kappa shape index (κ1) is 17.7. The van der Waals surface area contributed by atoms with Gasteiger partial charge in [-0.25, -0.2) is 19.4 Å². The van der Waals surface area contributed by atoms with Crippen molar-refractivity contribution < 1.29 is 9.53 Å². The number of para-hydroxylation sites is 1. The number of aryl methyl sites for hydroxylation is 1. The van der Waals surface area contributed by atoms with Gasteiger partial charge in [0, 0.05) is 12.4 Å². The van der Waals surface area contributed by atoms with Crippen LogP contribution in [0.4, 0.5) is 11.5 Å². The van der Waals surface area contributed by atoms with Crippen LogP contribution >= 0.6 is 0 Å². The number of hydrogen-bond acceptors (Lipinski definition) is 6. The van der Waals surface area contributed by atoms with Gasteiger partial charge in [-0.05, 0) is 37.6 Å². The Morgan fingerprint density at radius 2 is 1.93 bits per heavy atom. The van der Waals surface area contributed by atoms with E-state index in [-0.39, 0.29) is 6.61 Å². The van der Waals surface area contributed by atoms with E-state index in [4.69, 9.17) is 4.74 Å². The standard InChI is InChI=1S/C21H19N5O2/c1-3-28-21(27)17-12-23-20-16(13-24-26(20)15-9-5-4-6-10-15)18(17)25-19-14(2)8-7-11-22-19/h4-13H,3H2,1-2H3,(H,22,23,25). The summed E-state index contributed by atoms with van der Waals surface area (Å²) in [6.45, 7) is 4.00. The molecule has 0 amide bonds. The summed E-state index contributed by atoms with van der Waals surface area (Å²) in [6, 6.07) is 13.5. The maximum atomic E-state index is 12.5. The molecule has 7 nitrogen and oxygen atoms in total. The van der Waals surface area contributed by atoms with E-state index in [0.717, 1.165) is 11.3 Å². The van der Waals surface area contributed by atoms with Gasteiger partial charge >= 0.3 is 5.97 Å². The zero-order valence-corrected chi connectivity index (χ0v) is 15.6. The van der Waals surface area contributed by atoms with Crippen molar-refractivity contribution in [3.05, 3.63) is 72.2 Å². The normalized spacial score (nSPS) is 10.8. The molecule has 7 heteroatoms. The van der Waals surface area contributed by atoms with E-state index < -0.39 is 5.97 Å². The fourth-order valence-corrected chi connectivity index (χ4v) is 2.97. The van der Waals surface area contributed by atoms with Gasteiger partial charge in [0.2, 0.25) is 0 Å². The minimum absolute atomic E-state index is 0.280. The van der Waals surface area contributed by atoms with Crippen molar-refractivity contribution in [1.82, 2.24) is 19.7 Å². The minimum atomic E-state index is -0.444. The van der Waals surface area contributed by atoms with Crippen LogP contribution in [0.1, 0.15) is 22.8 Å². The maximum absolute atomic E-state index is 12.5. The number of carbonyl (C=O) groups is 1. The second kappa shape index (κ2) is 7.48. The zero-order valence-electron chi connectivity index (χ0n) is 15.6. The summed E-state index contributed by atoms with van der Waals surface area (Å²) < 4.78 is 6.95. The number of esters is 1. The number of fused-ring (bicyclic) bond motifs is 1. The molecular formula is C21H19N5O2. The van der Waals surface area contributed by atoms with E-state index in [1.165, 1.54) is 6.20 Å². The second-order valence-corrected chi connectivity index (χ2v) is 6.19. The Hall–Kier alpha value is -3.74. The van der Waals surface area contributed by atoms with Gasteiger partial charge in [0.15, 0.2) is 5.65 Å². The molecule has 0 aliphatic carbocycles. The van der Waals surface area contributed by atoms with Crippen molar-refractivity contribution in [3.63, 3.8) is 0 Å². The molecule has 0 aliphatic rings. The van der Waals surface area contributed by atoms with Crippen molar-refractivity contribution >= 4 is 28.5 Å². The Balaban J connectivity index is 1.90. The molecule has 3 aromatic heterocycles. The van der Waals surface area contributed by atoms with E-state index in [1.54, 1.807) is 24.0 Å². The first-order chi connectivity index (χ1) is 13.7. The summed E-state index contributed by atoms with van der Waals surface area (Å²) in [7, 11) is 0. The molecule has 4 rings (SSSR count). The van der Waals surface area contributed by atoms with Crippen molar-refractivity contribution in [2.75, 3.05) is 11.9 Å². The molecule has 0 unspecified atom stereocenters. The van der Waals surface area contributed by atoms with Crippen LogP contribution < -0.4 is 5.32 Å². The number of pyridine rings is 2. The van der Waals surface area contributed by atoms with Gasteiger partial charge in [-0.3, -0.25) is 0 Å². The molecule has 1 aromatic carbocycles. The predicted octanol–water partition coefficient (Wildman–Crippen LogP) is 4.04. The Labute approximate surface area is 162 Å². The van der Waals surface area contributed by atoms with E-state index in [2.05, 4.69) is 20.4 Å². The van der Waals surface area contributed by atoms with Gasteiger partial charge in [0.05, 0.1) is 29.6 Å². The molecule has 0 fully saturated rings. The number of nitrogens with zero attached hydrogens (tertiary/aromatic N) is 4. The molecule has 0 spiro atoms. The molecule has 0 saturated carbocycles. The Bertz CT molecular complexity index is 1140. The lowest BCUT2D eigenvalue weighted by atomic mass is 10.1. The van der Waals surface area contributed by atoms with Gasteiger partial charge in [-0.15, -0.1) is 0 Å². The van der Waals surface area contributed by atoms with Crippen LogP contribution in [0.15, 0.2) is 61.1 Å². The van der Waals surface area contributed by atoms with E-state index in [9.17, 15) is 4.79 Å². The van der Waals surface area contributed by atoms with Crippen LogP contribution in [0.25, 0.3) is 16.7 Å². The van der Waals surface area contributed by atoms with Gasteiger partial charge < -0.3 is 10.1 Å². The van der Waals surface area contributed by atoms with Crippen LogP contribution in [-0.2, 0) is 4.74 Å². The molecule has 1 N–H and O–H groups in total. The molecule has 4 aromatic rings. The molecule has 0 radical (unpaired) electrons. The van der Waals surface area contributed by atoms with E-state index in [0.29, 0.717) is 28.1 Å². The van der Waals surface area contributed by atoms with Crippen molar-refractivity contribution in [3.8, 4) is 5.69 Å². The average molecular weight is 373 g/mol. The summed E-state index contributed by atoms with van der Waals surface area (Å²) in [5, 5.41) is 8.47. The SMILES string of the molecule is CCOC(=O)c1cnc2c(cnn2-c2ccccc2)c1Nc1ncccc1C. The Kier molecular flexibility index (Phi) is 4.72. The Morgan fingerprint density at radius 3 is 2.68 bits per heavy atom. The highest BCUT2D eigenvalue weighted by atomic mass is 16.5. The number of carbonyl (C=O) groups excluding carboxylic acids is 1. The van der Waals surface area contributed by atoms with Gasteiger partial charge in [-0.1, -0.05) is 24.3 Å². The molecule has 0 aliphatic heterocycles. The summed E-state index contributed by atoms with van der Waals surface area (Å²) >= 11 is 0. The molecule has 3 heterocycles. The third-order valence-electron chi connectivity index (χ3n) is 4.35. The summed E-state index contributed by atoms with van der Waals surface area (Å²) in [5.74, 6) is 0.216. The number of ether oxygens (including phenoxy) is 1. The number of nitrogens with one attached hydrogen (secondary N) is 1. The van der Waals surface area contributed by atoms with Crippen LogP contribution in [0.5, 0.6) is 0 Å². The lowest BCUT2D eigenvalue weighted by Gasteiger charge is -2.13. The average Bonchev–Trinajstić information content (AvgIpc) is 3.15. The third kappa shape index (κ3) is 3.18. The highest BCUT2D eigenvalue weighted by Crippen LogP contribution is 2.31. The lowest BCUT2D eigenvalue weighted by molar-refractivity contribution is 0.0527. The second-order valence-electron chi connectivity index (χ2n) is 6.19. The van der Waals surface area contributed by atoms with Gasteiger partial charge in [0.1, 0.15) is 11.4 Å². The molecule has 28 heavy (non-hydrogen) atoms. The molecule has 0 bridgehead atoms. The lowest BCUT2D eigenvalue weighted by Crippen LogP contribution is -2.10. The number of anilines is 2. The van der Waals surface area contributed by atoms with Gasteiger partial charge in [0.25, 0.3) is 0 Å². The first-order valence-corrected chi connectivity index (χ1v) is 8.97. The van der Waals surface area contributed by atoms with Crippen molar-refractivity contribution in [2.45, 2.75) is 13.8 Å².